The van der Waals surface area contributed by atoms with Gasteiger partial charge in [-0.05, 0) is 57.7 Å². The quantitative estimate of drug-likeness (QED) is 0.899. The molecule has 1 aromatic rings. The number of aryl methyl sites for hydroxylation is 1. The van der Waals surface area contributed by atoms with Crippen molar-refractivity contribution in [2.45, 2.75) is 58.2 Å². The molecule has 1 amide bonds. The first-order valence-electron chi connectivity index (χ1n) is 8.52. The highest BCUT2D eigenvalue weighted by Gasteiger charge is 2.26. The lowest BCUT2D eigenvalue weighted by Crippen LogP contribution is -2.42. The van der Waals surface area contributed by atoms with Crippen molar-refractivity contribution in [1.29, 1.82) is 0 Å². The highest BCUT2D eigenvalue weighted by atomic mass is 16.5. The number of ether oxygens (including phenoxy) is 1. The number of piperidine rings is 1. The van der Waals surface area contributed by atoms with Crippen molar-refractivity contribution in [1.82, 2.24) is 4.90 Å². The number of carbonyl (C=O) groups excluding carboxylic acids is 1. The van der Waals surface area contributed by atoms with Crippen molar-refractivity contribution in [3.8, 4) is 0 Å². The molecule has 5 heteroatoms. The second kappa shape index (κ2) is 7.79. The van der Waals surface area contributed by atoms with Gasteiger partial charge in [0, 0.05) is 19.5 Å². The Morgan fingerprint density at radius 2 is 1.75 bits per heavy atom. The molecule has 0 radical (unpaired) electrons. The number of hydrogen-bond acceptors (Lipinski definition) is 3. The molecule has 24 heavy (non-hydrogen) atoms. The Balaban J connectivity index is 1.76. The number of carbonyl (C=O) groups is 2. The normalized spacial score (nSPS) is 16.2. The number of carboxylic acids is 1. The number of benzene rings is 1. The molecule has 0 saturated carbocycles. The Kier molecular flexibility index (Phi) is 5.99. The SMILES string of the molecule is CC(C)(C)OC1CCN(C(=O)CCc2ccc(C(=O)O)cc2)CC1. The van der Waals surface area contributed by atoms with Crippen molar-refractivity contribution in [2.75, 3.05) is 13.1 Å². The first-order valence-corrected chi connectivity index (χ1v) is 8.52. The molecular weight excluding hydrogens is 306 g/mol. The van der Waals surface area contributed by atoms with E-state index < -0.39 is 5.97 Å². The van der Waals surface area contributed by atoms with Gasteiger partial charge in [0.25, 0.3) is 0 Å². The van der Waals surface area contributed by atoms with Crippen LogP contribution in [0.3, 0.4) is 0 Å². The third kappa shape index (κ3) is 5.64. The lowest BCUT2D eigenvalue weighted by molar-refractivity contribution is -0.136. The number of carboxylic acid groups (broad SMARTS) is 1. The summed E-state index contributed by atoms with van der Waals surface area (Å²) in [6, 6.07) is 6.72. The average molecular weight is 333 g/mol. The van der Waals surface area contributed by atoms with Gasteiger partial charge in [0.1, 0.15) is 0 Å². The number of nitrogens with zero attached hydrogens (tertiary/aromatic N) is 1. The maximum Gasteiger partial charge on any atom is 0.335 e. The smallest absolute Gasteiger partial charge is 0.335 e. The minimum absolute atomic E-state index is 0.140. The standard InChI is InChI=1S/C19H27NO4/c1-19(2,3)24-16-10-12-20(13-11-16)17(21)9-6-14-4-7-15(8-5-14)18(22)23/h4-5,7-8,16H,6,9-13H2,1-3H3,(H,22,23). The molecule has 1 heterocycles. The van der Waals surface area contributed by atoms with Gasteiger partial charge in [0.2, 0.25) is 5.91 Å². The molecule has 132 valence electrons. The molecule has 0 bridgehead atoms. The Hall–Kier alpha value is -1.88. The van der Waals surface area contributed by atoms with E-state index in [0.29, 0.717) is 12.8 Å². The van der Waals surface area contributed by atoms with Crippen molar-refractivity contribution in [2.24, 2.45) is 0 Å². The minimum atomic E-state index is -0.932. The summed E-state index contributed by atoms with van der Waals surface area (Å²) in [5.41, 5.74) is 1.11. The van der Waals surface area contributed by atoms with Gasteiger partial charge in [-0.15, -0.1) is 0 Å². The van der Waals surface area contributed by atoms with E-state index in [0.717, 1.165) is 31.5 Å². The van der Waals surface area contributed by atoms with Gasteiger partial charge in [-0.1, -0.05) is 12.1 Å². The van der Waals surface area contributed by atoms with Crippen LogP contribution in [0.5, 0.6) is 0 Å². The summed E-state index contributed by atoms with van der Waals surface area (Å²) in [5.74, 6) is -0.774. The van der Waals surface area contributed by atoms with Crippen molar-refractivity contribution in [3.05, 3.63) is 35.4 Å². The van der Waals surface area contributed by atoms with Crippen molar-refractivity contribution in [3.63, 3.8) is 0 Å². The van der Waals surface area contributed by atoms with Crippen LogP contribution in [0.4, 0.5) is 0 Å². The molecular formula is C19H27NO4. The number of amides is 1. The van der Waals surface area contributed by atoms with Gasteiger partial charge >= 0.3 is 5.97 Å². The first kappa shape index (κ1) is 18.5. The lowest BCUT2D eigenvalue weighted by atomic mass is 10.0. The Bertz CT molecular complexity index is 566. The van der Waals surface area contributed by atoms with Crippen LogP contribution in [-0.4, -0.2) is 46.7 Å². The zero-order chi connectivity index (χ0) is 17.7. The molecule has 1 aromatic carbocycles. The van der Waals surface area contributed by atoms with Crippen LogP contribution in [0.15, 0.2) is 24.3 Å². The van der Waals surface area contributed by atoms with E-state index in [1.54, 1.807) is 24.3 Å². The van der Waals surface area contributed by atoms with Gasteiger partial charge in [-0.3, -0.25) is 4.79 Å². The fourth-order valence-electron chi connectivity index (χ4n) is 2.95. The zero-order valence-electron chi connectivity index (χ0n) is 14.7. The van der Waals surface area contributed by atoms with Crippen LogP contribution in [0.1, 0.15) is 56.0 Å². The minimum Gasteiger partial charge on any atom is -0.478 e. The van der Waals surface area contributed by atoms with E-state index in [-0.39, 0.29) is 23.2 Å². The van der Waals surface area contributed by atoms with Crippen LogP contribution < -0.4 is 0 Å². The van der Waals surface area contributed by atoms with E-state index in [9.17, 15) is 9.59 Å². The third-order valence-electron chi connectivity index (χ3n) is 4.14. The number of rotatable bonds is 5. The van der Waals surface area contributed by atoms with Gasteiger partial charge in [-0.25, -0.2) is 4.79 Å². The number of aromatic carboxylic acids is 1. The van der Waals surface area contributed by atoms with E-state index in [2.05, 4.69) is 20.8 Å². The second-order valence-corrected chi connectivity index (χ2v) is 7.31. The number of hydrogen-bond donors (Lipinski definition) is 1. The van der Waals surface area contributed by atoms with Crippen LogP contribution in [0, 0.1) is 0 Å². The predicted molar refractivity (Wildman–Crippen MR) is 92.2 cm³/mol. The summed E-state index contributed by atoms with van der Waals surface area (Å²) < 4.78 is 5.98. The molecule has 0 unspecified atom stereocenters. The van der Waals surface area contributed by atoms with Crippen LogP contribution in [-0.2, 0) is 16.0 Å². The van der Waals surface area contributed by atoms with Crippen molar-refractivity contribution >= 4 is 11.9 Å². The lowest BCUT2D eigenvalue weighted by Gasteiger charge is -2.35. The van der Waals surface area contributed by atoms with E-state index >= 15 is 0 Å². The Labute approximate surface area is 143 Å². The number of likely N-dealkylation sites (tertiary alicyclic amines) is 1. The molecule has 1 aliphatic heterocycles. The average Bonchev–Trinajstić information content (AvgIpc) is 2.52. The Morgan fingerprint density at radius 3 is 2.25 bits per heavy atom. The monoisotopic (exact) mass is 333 g/mol. The fourth-order valence-corrected chi connectivity index (χ4v) is 2.95. The maximum absolute atomic E-state index is 12.3. The summed E-state index contributed by atoms with van der Waals surface area (Å²) in [6.07, 6.45) is 3.10. The van der Waals surface area contributed by atoms with Crippen LogP contribution >= 0.6 is 0 Å². The molecule has 0 spiro atoms. The zero-order valence-corrected chi connectivity index (χ0v) is 14.7. The van der Waals surface area contributed by atoms with Crippen molar-refractivity contribution < 1.29 is 19.4 Å². The predicted octanol–water partition coefficient (Wildman–Crippen LogP) is 3.12. The molecule has 5 nitrogen and oxygen atoms in total. The molecule has 1 fully saturated rings. The molecule has 1 aliphatic rings. The van der Waals surface area contributed by atoms with E-state index in [1.807, 2.05) is 4.90 Å². The van der Waals surface area contributed by atoms with Gasteiger partial charge < -0.3 is 14.7 Å². The second-order valence-electron chi connectivity index (χ2n) is 7.31. The van der Waals surface area contributed by atoms with E-state index in [4.69, 9.17) is 9.84 Å². The molecule has 0 aliphatic carbocycles. The fraction of sp³-hybridized carbons (Fsp3) is 0.579. The molecule has 1 N–H and O–H groups in total. The van der Waals surface area contributed by atoms with Gasteiger partial charge in [-0.2, -0.15) is 0 Å². The highest BCUT2D eigenvalue weighted by Crippen LogP contribution is 2.20. The Morgan fingerprint density at radius 1 is 1.17 bits per heavy atom. The van der Waals surface area contributed by atoms with E-state index in [1.165, 1.54) is 0 Å². The molecule has 0 atom stereocenters. The largest absolute Gasteiger partial charge is 0.478 e. The highest BCUT2D eigenvalue weighted by molar-refractivity contribution is 5.87. The van der Waals surface area contributed by atoms with Gasteiger partial charge in [0.05, 0.1) is 17.3 Å². The van der Waals surface area contributed by atoms with Crippen LogP contribution in [0.25, 0.3) is 0 Å². The summed E-state index contributed by atoms with van der Waals surface area (Å²) >= 11 is 0. The maximum atomic E-state index is 12.3. The first-order chi connectivity index (χ1) is 11.2. The summed E-state index contributed by atoms with van der Waals surface area (Å²) in [5, 5.41) is 8.88. The van der Waals surface area contributed by atoms with Gasteiger partial charge in [0.15, 0.2) is 0 Å². The van der Waals surface area contributed by atoms with Crippen LogP contribution in [0.2, 0.25) is 0 Å². The third-order valence-corrected chi connectivity index (χ3v) is 4.14. The topological polar surface area (TPSA) is 66.8 Å². The molecule has 1 saturated heterocycles. The summed E-state index contributed by atoms with van der Waals surface area (Å²) in [4.78, 5) is 25.1. The summed E-state index contributed by atoms with van der Waals surface area (Å²) in [7, 11) is 0. The molecule has 2 rings (SSSR count). The molecule has 0 aromatic heterocycles. The summed E-state index contributed by atoms with van der Waals surface area (Å²) in [6.45, 7) is 7.66.